The minimum Gasteiger partial charge on any atom is -0.341 e. The van der Waals surface area contributed by atoms with Gasteiger partial charge in [-0.2, -0.15) is 0 Å². The van der Waals surface area contributed by atoms with Crippen LogP contribution in [0, 0.1) is 5.92 Å². The third-order valence-electron chi connectivity index (χ3n) is 2.11. The molecule has 1 fully saturated rings. The zero-order valence-corrected chi connectivity index (χ0v) is 7.85. The molecule has 2 nitrogen and oxygen atoms in total. The summed E-state index contributed by atoms with van der Waals surface area (Å²) in [6.45, 7) is 2.61. The van der Waals surface area contributed by atoms with Gasteiger partial charge in [-0.25, -0.2) is 0 Å². The van der Waals surface area contributed by atoms with E-state index in [9.17, 15) is 9.18 Å². The molecular formula is C8H13ClFNO. The number of carbonyl (C=O) groups is 1. The van der Waals surface area contributed by atoms with Crippen LogP contribution in [0.25, 0.3) is 0 Å². The summed E-state index contributed by atoms with van der Waals surface area (Å²) in [5, 5.41) is -0.425. The number of hydrogen-bond donors (Lipinski definition) is 0. The molecule has 0 spiro atoms. The monoisotopic (exact) mass is 193 g/mol. The molecule has 0 N–H and O–H groups in total. The molecule has 0 aromatic carbocycles. The number of amides is 1. The van der Waals surface area contributed by atoms with E-state index in [0.717, 1.165) is 0 Å². The van der Waals surface area contributed by atoms with Crippen LogP contribution in [0.1, 0.15) is 13.3 Å². The Labute approximate surface area is 76.7 Å². The molecule has 1 aliphatic rings. The first-order valence-electron chi connectivity index (χ1n) is 4.17. The molecule has 0 saturated carbocycles. The highest BCUT2D eigenvalue weighted by molar-refractivity contribution is 6.30. The second-order valence-corrected chi connectivity index (χ2v) is 3.67. The van der Waals surface area contributed by atoms with Crippen molar-refractivity contribution < 1.29 is 9.18 Å². The van der Waals surface area contributed by atoms with Crippen molar-refractivity contribution in [3.63, 3.8) is 0 Å². The van der Waals surface area contributed by atoms with E-state index in [-0.39, 0.29) is 18.5 Å². The van der Waals surface area contributed by atoms with Crippen molar-refractivity contribution in [3.8, 4) is 0 Å². The Morgan fingerprint density at radius 3 is 2.75 bits per heavy atom. The lowest BCUT2D eigenvalue weighted by Gasteiger charge is -2.38. The summed E-state index contributed by atoms with van der Waals surface area (Å²) in [4.78, 5) is 12.9. The van der Waals surface area contributed by atoms with Gasteiger partial charge in [0.25, 0.3) is 0 Å². The highest BCUT2D eigenvalue weighted by Gasteiger charge is 2.32. The summed E-state index contributed by atoms with van der Waals surface area (Å²) in [6, 6.07) is 0. The maximum absolute atomic E-state index is 12.0. The van der Waals surface area contributed by atoms with Crippen LogP contribution in [0.2, 0.25) is 0 Å². The lowest BCUT2D eigenvalue weighted by atomic mass is 10.0. The van der Waals surface area contributed by atoms with Crippen molar-refractivity contribution in [3.05, 3.63) is 0 Å². The van der Waals surface area contributed by atoms with Crippen molar-refractivity contribution in [2.24, 2.45) is 5.92 Å². The molecule has 70 valence electrons. The first-order chi connectivity index (χ1) is 5.69. The molecule has 1 saturated heterocycles. The van der Waals surface area contributed by atoms with Crippen LogP contribution in [-0.2, 0) is 4.79 Å². The molecule has 0 aromatic rings. The highest BCUT2D eigenvalue weighted by atomic mass is 35.5. The van der Waals surface area contributed by atoms with E-state index in [4.69, 9.17) is 11.6 Å². The zero-order chi connectivity index (χ0) is 9.14. The predicted octanol–water partition coefficient (Wildman–Crippen LogP) is 1.43. The van der Waals surface area contributed by atoms with E-state index in [1.165, 1.54) is 0 Å². The second kappa shape index (κ2) is 4.08. The number of halogens is 2. The van der Waals surface area contributed by atoms with E-state index in [1.54, 1.807) is 4.90 Å². The van der Waals surface area contributed by atoms with Gasteiger partial charge in [0.15, 0.2) is 0 Å². The van der Waals surface area contributed by atoms with E-state index >= 15 is 0 Å². The molecule has 4 heteroatoms. The summed E-state index contributed by atoms with van der Waals surface area (Å²) in [5.74, 6) is -0.00135. The van der Waals surface area contributed by atoms with Crippen LogP contribution < -0.4 is 0 Å². The summed E-state index contributed by atoms with van der Waals surface area (Å²) < 4.78 is 12.0. The van der Waals surface area contributed by atoms with Crippen LogP contribution in [0.3, 0.4) is 0 Å². The predicted molar refractivity (Wildman–Crippen MR) is 46.0 cm³/mol. The van der Waals surface area contributed by atoms with Gasteiger partial charge in [-0.15, -0.1) is 11.6 Å². The van der Waals surface area contributed by atoms with Crippen molar-refractivity contribution in [2.75, 3.05) is 19.8 Å². The standard InChI is InChI=1S/C8H13ClFNO/c1-2-7(9)8(12)11-4-6(3-10)5-11/h6-7H,2-5H2,1H3/t7-/m0/s1. The largest absolute Gasteiger partial charge is 0.341 e. The van der Waals surface area contributed by atoms with Gasteiger partial charge in [-0.05, 0) is 6.42 Å². The van der Waals surface area contributed by atoms with Gasteiger partial charge in [0.2, 0.25) is 5.91 Å². The summed E-state index contributed by atoms with van der Waals surface area (Å²) >= 11 is 5.73. The van der Waals surface area contributed by atoms with Gasteiger partial charge in [-0.1, -0.05) is 6.92 Å². The number of hydrogen-bond acceptors (Lipinski definition) is 1. The van der Waals surface area contributed by atoms with Gasteiger partial charge in [0.1, 0.15) is 5.38 Å². The van der Waals surface area contributed by atoms with Crippen molar-refractivity contribution >= 4 is 17.5 Å². The first kappa shape index (κ1) is 9.78. The van der Waals surface area contributed by atoms with E-state index in [1.807, 2.05) is 6.92 Å². The minimum absolute atomic E-state index is 0.0506. The highest BCUT2D eigenvalue weighted by Crippen LogP contribution is 2.19. The molecule has 1 heterocycles. The van der Waals surface area contributed by atoms with Gasteiger partial charge >= 0.3 is 0 Å². The average Bonchev–Trinajstić information content (AvgIpc) is 2.01. The lowest BCUT2D eigenvalue weighted by molar-refractivity contribution is -0.137. The first-order valence-corrected chi connectivity index (χ1v) is 4.61. The fourth-order valence-electron chi connectivity index (χ4n) is 1.22. The SMILES string of the molecule is CC[C@H](Cl)C(=O)N1CC(CF)C1. The Balaban J connectivity index is 2.28. The normalized spacial score (nSPS) is 20.4. The van der Waals surface area contributed by atoms with Crippen LogP contribution >= 0.6 is 11.6 Å². The van der Waals surface area contributed by atoms with Crippen LogP contribution in [0.4, 0.5) is 4.39 Å². The maximum atomic E-state index is 12.0. The van der Waals surface area contributed by atoms with E-state index in [2.05, 4.69) is 0 Å². The second-order valence-electron chi connectivity index (χ2n) is 3.14. The Bertz CT molecular complexity index is 170. The third kappa shape index (κ3) is 1.89. The van der Waals surface area contributed by atoms with E-state index < -0.39 is 5.38 Å². The van der Waals surface area contributed by atoms with Gasteiger partial charge < -0.3 is 4.90 Å². The molecule has 1 rings (SSSR count). The van der Waals surface area contributed by atoms with Gasteiger partial charge in [-0.3, -0.25) is 9.18 Å². The molecule has 1 amide bonds. The minimum atomic E-state index is -0.425. The Morgan fingerprint density at radius 1 is 1.75 bits per heavy atom. The Hall–Kier alpha value is -0.310. The third-order valence-corrected chi connectivity index (χ3v) is 2.61. The summed E-state index contributed by atoms with van der Waals surface area (Å²) in [7, 11) is 0. The Morgan fingerprint density at radius 2 is 2.33 bits per heavy atom. The number of alkyl halides is 2. The quantitative estimate of drug-likeness (QED) is 0.621. The van der Waals surface area contributed by atoms with Crippen molar-refractivity contribution in [1.82, 2.24) is 4.90 Å². The van der Waals surface area contributed by atoms with Gasteiger partial charge in [0, 0.05) is 19.0 Å². The number of carbonyl (C=O) groups excluding carboxylic acids is 1. The molecular weight excluding hydrogens is 181 g/mol. The molecule has 12 heavy (non-hydrogen) atoms. The van der Waals surface area contributed by atoms with Crippen molar-refractivity contribution in [1.29, 1.82) is 0 Å². The molecule has 0 radical (unpaired) electrons. The van der Waals surface area contributed by atoms with Gasteiger partial charge in [0.05, 0.1) is 6.67 Å². The smallest absolute Gasteiger partial charge is 0.240 e. The molecule has 0 aliphatic carbocycles. The zero-order valence-electron chi connectivity index (χ0n) is 7.09. The number of rotatable bonds is 3. The molecule has 0 bridgehead atoms. The fourth-order valence-corrected chi connectivity index (χ4v) is 1.36. The molecule has 0 unspecified atom stereocenters. The van der Waals surface area contributed by atoms with Crippen LogP contribution in [0.15, 0.2) is 0 Å². The summed E-state index contributed by atoms with van der Waals surface area (Å²) in [6.07, 6.45) is 0.636. The van der Waals surface area contributed by atoms with Crippen LogP contribution in [-0.4, -0.2) is 35.9 Å². The molecule has 0 aromatic heterocycles. The van der Waals surface area contributed by atoms with Crippen molar-refractivity contribution in [2.45, 2.75) is 18.7 Å². The van der Waals surface area contributed by atoms with E-state index in [0.29, 0.717) is 19.5 Å². The van der Waals surface area contributed by atoms with Crippen LogP contribution in [0.5, 0.6) is 0 Å². The molecule has 1 atom stereocenters. The topological polar surface area (TPSA) is 20.3 Å². The summed E-state index contributed by atoms with van der Waals surface area (Å²) in [5.41, 5.74) is 0. The fraction of sp³-hybridized carbons (Fsp3) is 0.875. The lowest BCUT2D eigenvalue weighted by Crippen LogP contribution is -2.53. The number of likely N-dealkylation sites (tertiary alicyclic amines) is 1. The number of nitrogens with zero attached hydrogens (tertiary/aromatic N) is 1. The maximum Gasteiger partial charge on any atom is 0.240 e. The molecule has 1 aliphatic heterocycles. The Kier molecular flexibility index (Phi) is 3.32. The average molecular weight is 194 g/mol.